The molecular weight excluding hydrogens is 263 g/mol. The number of benzene rings is 1. The summed E-state index contributed by atoms with van der Waals surface area (Å²) in [6.07, 6.45) is -4.53. The van der Waals surface area contributed by atoms with Crippen molar-refractivity contribution in [2.75, 3.05) is 19.7 Å². The number of phenolic OH excluding ortho intramolecular Hbond substituents is 1. The van der Waals surface area contributed by atoms with Crippen molar-refractivity contribution >= 4 is 5.91 Å². The number of carbonyl (C=O) groups excluding carboxylic acids is 1. The fourth-order valence-corrected chi connectivity index (χ4v) is 1.65. The lowest BCUT2D eigenvalue weighted by atomic mass is 10.1. The Labute approximate surface area is 108 Å². The van der Waals surface area contributed by atoms with Crippen LogP contribution < -0.4 is 0 Å². The lowest BCUT2D eigenvalue weighted by molar-refractivity contribution is -0.141. The zero-order chi connectivity index (χ0) is 14.6. The molecule has 0 aliphatic rings. The molecular formula is C12H14F3NO3. The van der Waals surface area contributed by atoms with Crippen molar-refractivity contribution in [1.82, 2.24) is 4.90 Å². The topological polar surface area (TPSA) is 60.8 Å². The fraction of sp³-hybridized carbons (Fsp3) is 0.417. The van der Waals surface area contributed by atoms with Crippen LogP contribution in [0.1, 0.15) is 15.9 Å². The Bertz CT molecular complexity index is 460. The maximum atomic E-state index is 12.4. The minimum absolute atomic E-state index is 0.0653. The third-order valence-corrected chi connectivity index (χ3v) is 2.47. The quantitative estimate of drug-likeness (QED) is 0.880. The minimum atomic E-state index is -4.53. The molecule has 0 bridgehead atoms. The summed E-state index contributed by atoms with van der Waals surface area (Å²) >= 11 is 0. The highest BCUT2D eigenvalue weighted by atomic mass is 19.4. The van der Waals surface area contributed by atoms with Crippen molar-refractivity contribution in [2.45, 2.75) is 13.1 Å². The van der Waals surface area contributed by atoms with Crippen LogP contribution in [0.3, 0.4) is 0 Å². The average Bonchev–Trinajstić information content (AvgIpc) is 2.26. The van der Waals surface area contributed by atoms with Gasteiger partial charge >= 0.3 is 6.18 Å². The summed E-state index contributed by atoms with van der Waals surface area (Å²) in [5.41, 5.74) is 0.436. The average molecular weight is 277 g/mol. The molecule has 0 spiro atoms. The number of alkyl halides is 3. The van der Waals surface area contributed by atoms with Crippen LogP contribution >= 0.6 is 0 Å². The first-order chi connectivity index (χ1) is 8.74. The Morgan fingerprint density at radius 1 is 1.37 bits per heavy atom. The molecule has 4 nitrogen and oxygen atoms in total. The van der Waals surface area contributed by atoms with Gasteiger partial charge in [0.15, 0.2) is 0 Å². The van der Waals surface area contributed by atoms with E-state index in [1.165, 1.54) is 25.1 Å². The van der Waals surface area contributed by atoms with Crippen LogP contribution in [0.5, 0.6) is 5.75 Å². The van der Waals surface area contributed by atoms with Crippen LogP contribution in [0.25, 0.3) is 0 Å². The first-order valence-electron chi connectivity index (χ1n) is 5.51. The van der Waals surface area contributed by atoms with E-state index in [1.807, 2.05) is 0 Å². The molecule has 0 aliphatic carbocycles. The molecule has 7 heteroatoms. The van der Waals surface area contributed by atoms with E-state index in [-0.39, 0.29) is 11.3 Å². The normalized spacial score (nSPS) is 11.4. The molecule has 2 N–H and O–H groups in total. The summed E-state index contributed by atoms with van der Waals surface area (Å²) in [5.74, 6) is -0.901. The number of rotatable bonds is 4. The molecule has 0 atom stereocenters. The number of nitrogens with zero attached hydrogens (tertiary/aromatic N) is 1. The first kappa shape index (κ1) is 15.3. The number of hydrogen-bond acceptors (Lipinski definition) is 3. The predicted molar refractivity (Wildman–Crippen MR) is 61.9 cm³/mol. The molecule has 106 valence electrons. The van der Waals surface area contributed by atoms with Gasteiger partial charge in [0.05, 0.1) is 6.61 Å². The van der Waals surface area contributed by atoms with E-state index in [0.717, 1.165) is 0 Å². The van der Waals surface area contributed by atoms with Crippen LogP contribution in [0.15, 0.2) is 18.2 Å². The molecule has 19 heavy (non-hydrogen) atoms. The molecule has 0 aliphatic heterocycles. The molecule has 0 aromatic heterocycles. The van der Waals surface area contributed by atoms with Crippen molar-refractivity contribution < 1.29 is 28.2 Å². The standard InChI is InChI=1S/C12H14F3NO3/c1-8-6-9(18)2-3-10(8)11(19)16(4-5-17)7-12(13,14)15/h2-3,6,17-18H,4-5,7H2,1H3. The van der Waals surface area contributed by atoms with E-state index in [2.05, 4.69) is 0 Å². The second-order valence-corrected chi connectivity index (χ2v) is 4.06. The molecule has 0 heterocycles. The molecule has 0 saturated heterocycles. The third kappa shape index (κ3) is 4.44. The Kier molecular flexibility index (Phi) is 4.77. The second kappa shape index (κ2) is 5.92. The largest absolute Gasteiger partial charge is 0.508 e. The number of aliphatic hydroxyl groups is 1. The highest BCUT2D eigenvalue weighted by Crippen LogP contribution is 2.21. The summed E-state index contributed by atoms with van der Waals surface area (Å²) in [6, 6.07) is 3.77. The second-order valence-electron chi connectivity index (χ2n) is 4.06. The van der Waals surface area contributed by atoms with Gasteiger partial charge in [0.1, 0.15) is 12.3 Å². The summed E-state index contributed by atoms with van der Waals surface area (Å²) in [6.45, 7) is -0.873. The van der Waals surface area contributed by atoms with Gasteiger partial charge in [-0.2, -0.15) is 13.2 Å². The zero-order valence-electron chi connectivity index (χ0n) is 10.2. The third-order valence-electron chi connectivity index (χ3n) is 2.47. The number of amides is 1. The van der Waals surface area contributed by atoms with Crippen molar-refractivity contribution in [3.8, 4) is 5.75 Å². The lowest BCUT2D eigenvalue weighted by Crippen LogP contribution is -2.40. The summed E-state index contributed by atoms with van der Waals surface area (Å²) in [4.78, 5) is 12.5. The van der Waals surface area contributed by atoms with Crippen LogP contribution in [0.4, 0.5) is 13.2 Å². The van der Waals surface area contributed by atoms with Crippen molar-refractivity contribution in [3.63, 3.8) is 0 Å². The molecule has 1 amide bonds. The molecule has 0 fully saturated rings. The molecule has 1 rings (SSSR count). The van der Waals surface area contributed by atoms with Gasteiger partial charge in [-0.15, -0.1) is 0 Å². The Balaban J connectivity index is 2.99. The monoisotopic (exact) mass is 277 g/mol. The fourth-order valence-electron chi connectivity index (χ4n) is 1.65. The SMILES string of the molecule is Cc1cc(O)ccc1C(=O)N(CCO)CC(F)(F)F. The Morgan fingerprint density at radius 3 is 2.47 bits per heavy atom. The van der Waals surface area contributed by atoms with E-state index in [1.54, 1.807) is 0 Å². The number of phenols is 1. The van der Waals surface area contributed by atoms with E-state index >= 15 is 0 Å². The number of aryl methyl sites for hydroxylation is 1. The highest BCUT2D eigenvalue weighted by molar-refractivity contribution is 5.95. The lowest BCUT2D eigenvalue weighted by Gasteiger charge is -2.23. The van der Waals surface area contributed by atoms with Gasteiger partial charge < -0.3 is 15.1 Å². The van der Waals surface area contributed by atoms with Gasteiger partial charge in [-0.25, -0.2) is 0 Å². The first-order valence-corrected chi connectivity index (χ1v) is 5.51. The summed E-state index contributed by atoms with van der Waals surface area (Å²) in [5, 5.41) is 17.9. The summed E-state index contributed by atoms with van der Waals surface area (Å²) in [7, 11) is 0. The predicted octanol–water partition coefficient (Wildman–Crippen LogP) is 1.70. The smallest absolute Gasteiger partial charge is 0.406 e. The number of aromatic hydroxyl groups is 1. The highest BCUT2D eigenvalue weighted by Gasteiger charge is 2.33. The number of halogens is 3. The van der Waals surface area contributed by atoms with E-state index in [9.17, 15) is 23.1 Å². The number of hydrogen-bond donors (Lipinski definition) is 2. The van der Waals surface area contributed by atoms with Crippen molar-refractivity contribution in [2.24, 2.45) is 0 Å². The molecule has 0 saturated carbocycles. The molecule has 1 aromatic carbocycles. The van der Waals surface area contributed by atoms with Gasteiger partial charge in [-0.1, -0.05) is 0 Å². The zero-order valence-corrected chi connectivity index (χ0v) is 10.2. The van der Waals surface area contributed by atoms with Gasteiger partial charge in [-0.3, -0.25) is 4.79 Å². The number of carbonyl (C=O) groups is 1. The van der Waals surface area contributed by atoms with Crippen LogP contribution in [0.2, 0.25) is 0 Å². The minimum Gasteiger partial charge on any atom is -0.508 e. The maximum Gasteiger partial charge on any atom is 0.406 e. The van der Waals surface area contributed by atoms with Crippen molar-refractivity contribution in [1.29, 1.82) is 0 Å². The van der Waals surface area contributed by atoms with E-state index in [0.29, 0.717) is 10.5 Å². The van der Waals surface area contributed by atoms with Crippen LogP contribution in [0, 0.1) is 6.92 Å². The molecule has 1 aromatic rings. The van der Waals surface area contributed by atoms with Gasteiger partial charge in [0.25, 0.3) is 5.91 Å². The van der Waals surface area contributed by atoms with Crippen molar-refractivity contribution in [3.05, 3.63) is 29.3 Å². The Morgan fingerprint density at radius 2 is 2.00 bits per heavy atom. The van der Waals surface area contributed by atoms with Gasteiger partial charge in [0.2, 0.25) is 0 Å². The maximum absolute atomic E-state index is 12.4. The van der Waals surface area contributed by atoms with Gasteiger partial charge in [0, 0.05) is 12.1 Å². The summed E-state index contributed by atoms with van der Waals surface area (Å²) < 4.78 is 37.1. The Hall–Kier alpha value is -1.76. The van der Waals surface area contributed by atoms with E-state index in [4.69, 9.17) is 5.11 Å². The van der Waals surface area contributed by atoms with Gasteiger partial charge in [-0.05, 0) is 30.7 Å². The molecule has 0 radical (unpaired) electrons. The van der Waals surface area contributed by atoms with E-state index < -0.39 is 31.8 Å². The molecule has 0 unspecified atom stereocenters. The van der Waals surface area contributed by atoms with Crippen LogP contribution in [-0.2, 0) is 0 Å². The number of aliphatic hydroxyl groups excluding tert-OH is 1. The van der Waals surface area contributed by atoms with Crippen LogP contribution in [-0.4, -0.2) is 46.9 Å².